The Bertz CT molecular complexity index is 656. The van der Waals surface area contributed by atoms with Gasteiger partial charge in [-0.25, -0.2) is 4.98 Å². The van der Waals surface area contributed by atoms with Crippen molar-refractivity contribution in [2.75, 3.05) is 27.4 Å². The van der Waals surface area contributed by atoms with E-state index >= 15 is 0 Å². The van der Waals surface area contributed by atoms with Gasteiger partial charge in [0.25, 0.3) is 0 Å². The van der Waals surface area contributed by atoms with E-state index < -0.39 is 0 Å². The molecule has 0 spiro atoms. The van der Waals surface area contributed by atoms with E-state index in [-0.39, 0.29) is 0 Å². The minimum atomic E-state index is 0.536. The van der Waals surface area contributed by atoms with Gasteiger partial charge in [0.2, 0.25) is 0 Å². The Morgan fingerprint density at radius 1 is 1.25 bits per heavy atom. The van der Waals surface area contributed by atoms with Crippen LogP contribution in [-0.4, -0.2) is 48.1 Å². The van der Waals surface area contributed by atoms with Gasteiger partial charge in [-0.2, -0.15) is 5.10 Å². The van der Waals surface area contributed by atoms with Gasteiger partial charge < -0.3 is 20.1 Å². The summed E-state index contributed by atoms with van der Waals surface area (Å²) in [5.74, 6) is 2.36. The number of hydrogen-bond donors (Lipinski definition) is 2. The molecule has 8 heteroatoms. The van der Waals surface area contributed by atoms with Gasteiger partial charge in [-0.15, -0.1) is 0 Å². The fourth-order valence-corrected chi connectivity index (χ4v) is 2.04. The van der Waals surface area contributed by atoms with Crippen molar-refractivity contribution in [3.63, 3.8) is 0 Å². The predicted molar refractivity (Wildman–Crippen MR) is 91.9 cm³/mol. The lowest BCUT2D eigenvalue weighted by atomic mass is 10.2. The zero-order valence-electron chi connectivity index (χ0n) is 14.3. The second-order valence-electron chi connectivity index (χ2n) is 5.07. The van der Waals surface area contributed by atoms with Crippen molar-refractivity contribution in [3.8, 4) is 5.75 Å². The van der Waals surface area contributed by atoms with Crippen molar-refractivity contribution in [2.24, 2.45) is 12.0 Å². The van der Waals surface area contributed by atoms with Crippen molar-refractivity contribution < 1.29 is 9.47 Å². The zero-order chi connectivity index (χ0) is 17.2. The van der Waals surface area contributed by atoms with E-state index in [0.717, 1.165) is 17.1 Å². The normalized spacial score (nSPS) is 11.4. The van der Waals surface area contributed by atoms with Crippen molar-refractivity contribution in [2.45, 2.75) is 13.1 Å². The molecule has 0 fully saturated rings. The highest BCUT2D eigenvalue weighted by atomic mass is 16.5. The average molecular weight is 332 g/mol. The second kappa shape index (κ2) is 9.51. The van der Waals surface area contributed by atoms with E-state index in [9.17, 15) is 0 Å². The number of nitrogens with one attached hydrogen (secondary N) is 2. The van der Waals surface area contributed by atoms with Gasteiger partial charge in [0.1, 0.15) is 24.5 Å². The van der Waals surface area contributed by atoms with Crippen molar-refractivity contribution in [3.05, 3.63) is 42.0 Å². The van der Waals surface area contributed by atoms with Gasteiger partial charge in [-0.05, 0) is 17.7 Å². The van der Waals surface area contributed by atoms with Crippen LogP contribution < -0.4 is 15.4 Å². The Labute approximate surface area is 141 Å². The van der Waals surface area contributed by atoms with Crippen LogP contribution in [0.15, 0.2) is 35.6 Å². The van der Waals surface area contributed by atoms with Crippen LogP contribution in [0, 0.1) is 0 Å². The molecule has 1 aromatic heterocycles. The van der Waals surface area contributed by atoms with Crippen LogP contribution >= 0.6 is 0 Å². The molecule has 0 bridgehead atoms. The molecule has 0 atom stereocenters. The Morgan fingerprint density at radius 2 is 2.08 bits per heavy atom. The van der Waals surface area contributed by atoms with Crippen LogP contribution in [0.2, 0.25) is 0 Å². The first-order valence-electron chi connectivity index (χ1n) is 7.71. The quantitative estimate of drug-likeness (QED) is 0.421. The number of guanidine groups is 1. The molecule has 0 aliphatic heterocycles. The van der Waals surface area contributed by atoms with Crippen LogP contribution in [0.25, 0.3) is 0 Å². The molecule has 0 aliphatic rings. The molecule has 2 rings (SSSR count). The third-order valence-corrected chi connectivity index (χ3v) is 3.36. The average Bonchev–Trinajstić information content (AvgIpc) is 3.01. The topological polar surface area (TPSA) is 85.6 Å². The fraction of sp³-hybridized carbons (Fsp3) is 0.438. The SMILES string of the molecule is CN=C(NCc1cccc(OCCOC)c1)NCc1ncnn1C. The number of ether oxygens (including phenoxy) is 2. The van der Waals surface area contributed by atoms with Gasteiger partial charge >= 0.3 is 0 Å². The maximum Gasteiger partial charge on any atom is 0.191 e. The minimum absolute atomic E-state index is 0.536. The molecule has 0 saturated heterocycles. The molecule has 8 nitrogen and oxygen atoms in total. The number of aromatic nitrogens is 3. The van der Waals surface area contributed by atoms with Gasteiger partial charge in [0.05, 0.1) is 13.2 Å². The minimum Gasteiger partial charge on any atom is -0.491 e. The largest absolute Gasteiger partial charge is 0.491 e. The van der Waals surface area contributed by atoms with Gasteiger partial charge in [0.15, 0.2) is 5.96 Å². The summed E-state index contributed by atoms with van der Waals surface area (Å²) < 4.78 is 12.3. The van der Waals surface area contributed by atoms with E-state index in [0.29, 0.717) is 32.3 Å². The molecule has 0 saturated carbocycles. The lowest BCUT2D eigenvalue weighted by Crippen LogP contribution is -2.36. The molecule has 0 radical (unpaired) electrons. The molecule has 1 heterocycles. The molecule has 1 aromatic carbocycles. The summed E-state index contributed by atoms with van der Waals surface area (Å²) in [5, 5.41) is 10.5. The van der Waals surface area contributed by atoms with Crippen molar-refractivity contribution in [1.29, 1.82) is 0 Å². The summed E-state index contributed by atoms with van der Waals surface area (Å²) in [5.41, 5.74) is 1.10. The summed E-state index contributed by atoms with van der Waals surface area (Å²) in [4.78, 5) is 8.37. The molecule has 0 aliphatic carbocycles. The van der Waals surface area contributed by atoms with E-state index in [2.05, 4.69) is 25.7 Å². The maximum atomic E-state index is 5.61. The Hall–Kier alpha value is -2.61. The summed E-state index contributed by atoms with van der Waals surface area (Å²) in [6.45, 7) is 2.30. The highest BCUT2D eigenvalue weighted by Gasteiger charge is 2.03. The maximum absolute atomic E-state index is 5.61. The Kier molecular flexibility index (Phi) is 7.03. The molecule has 2 aromatic rings. The van der Waals surface area contributed by atoms with Gasteiger partial charge in [-0.3, -0.25) is 9.67 Å². The van der Waals surface area contributed by atoms with Gasteiger partial charge in [0, 0.05) is 27.7 Å². The van der Waals surface area contributed by atoms with E-state index in [1.54, 1.807) is 18.8 Å². The van der Waals surface area contributed by atoms with Gasteiger partial charge in [-0.1, -0.05) is 12.1 Å². The first-order chi connectivity index (χ1) is 11.7. The van der Waals surface area contributed by atoms with Crippen molar-refractivity contribution in [1.82, 2.24) is 25.4 Å². The number of aliphatic imine (C=N–C) groups is 1. The summed E-state index contributed by atoms with van der Waals surface area (Å²) in [6.07, 6.45) is 1.53. The third kappa shape index (κ3) is 5.54. The monoisotopic (exact) mass is 332 g/mol. The van der Waals surface area contributed by atoms with Crippen molar-refractivity contribution >= 4 is 5.96 Å². The number of rotatable bonds is 8. The molecule has 130 valence electrons. The molecular weight excluding hydrogens is 308 g/mol. The number of benzene rings is 1. The second-order valence-corrected chi connectivity index (χ2v) is 5.07. The lowest BCUT2D eigenvalue weighted by Gasteiger charge is -2.12. The van der Waals surface area contributed by atoms with Crippen LogP contribution in [0.1, 0.15) is 11.4 Å². The molecule has 2 N–H and O–H groups in total. The van der Waals surface area contributed by atoms with Crippen LogP contribution in [0.4, 0.5) is 0 Å². The predicted octanol–water partition coefficient (Wildman–Crippen LogP) is 0.706. The highest BCUT2D eigenvalue weighted by molar-refractivity contribution is 5.79. The molecule has 0 unspecified atom stereocenters. The van der Waals surface area contributed by atoms with Crippen LogP contribution in [-0.2, 0) is 24.9 Å². The Morgan fingerprint density at radius 3 is 2.79 bits per heavy atom. The molecule has 0 amide bonds. The first kappa shape index (κ1) is 17.7. The van der Waals surface area contributed by atoms with Crippen LogP contribution in [0.5, 0.6) is 5.75 Å². The smallest absolute Gasteiger partial charge is 0.191 e. The molecule has 24 heavy (non-hydrogen) atoms. The lowest BCUT2D eigenvalue weighted by molar-refractivity contribution is 0.146. The van der Waals surface area contributed by atoms with E-state index in [1.807, 2.05) is 31.3 Å². The highest BCUT2D eigenvalue weighted by Crippen LogP contribution is 2.13. The molecular formula is C16H24N6O2. The summed E-state index contributed by atoms with van der Waals surface area (Å²) in [7, 11) is 5.24. The zero-order valence-corrected chi connectivity index (χ0v) is 14.3. The summed E-state index contributed by atoms with van der Waals surface area (Å²) in [6, 6.07) is 7.93. The van der Waals surface area contributed by atoms with Crippen LogP contribution in [0.3, 0.4) is 0 Å². The number of hydrogen-bond acceptors (Lipinski definition) is 5. The number of nitrogens with zero attached hydrogens (tertiary/aromatic N) is 4. The Balaban J connectivity index is 1.82. The number of methoxy groups -OCH3 is 1. The summed E-state index contributed by atoms with van der Waals surface area (Å²) >= 11 is 0. The third-order valence-electron chi connectivity index (χ3n) is 3.36. The fourth-order valence-electron chi connectivity index (χ4n) is 2.04. The number of aryl methyl sites for hydroxylation is 1. The first-order valence-corrected chi connectivity index (χ1v) is 7.71. The van der Waals surface area contributed by atoms with E-state index in [1.165, 1.54) is 6.33 Å². The van der Waals surface area contributed by atoms with E-state index in [4.69, 9.17) is 9.47 Å². The standard InChI is InChI=1S/C16H24N6O2/c1-17-16(19-11-15-20-12-21-22(15)2)18-10-13-5-4-6-14(9-13)24-8-7-23-3/h4-6,9,12H,7-8,10-11H2,1-3H3,(H2,17,18,19).